The number of rotatable bonds is 2. The first-order chi connectivity index (χ1) is 8.65. The number of fused-ring (bicyclic) bond motifs is 3. The van der Waals surface area contributed by atoms with Crippen LogP contribution >= 0.6 is 11.3 Å². The van der Waals surface area contributed by atoms with E-state index in [0.29, 0.717) is 10.6 Å². The second kappa shape index (κ2) is 4.10. The average molecular weight is 260 g/mol. The Morgan fingerprint density at radius 3 is 2.89 bits per heavy atom. The molecule has 3 rings (SSSR count). The highest BCUT2D eigenvalue weighted by molar-refractivity contribution is 7.19. The van der Waals surface area contributed by atoms with E-state index in [2.05, 4.69) is 9.97 Å². The van der Waals surface area contributed by atoms with Crippen LogP contribution < -0.4 is 10.3 Å². The van der Waals surface area contributed by atoms with Gasteiger partial charge >= 0.3 is 0 Å². The normalized spacial score (nSPS) is 11.5. The second-order valence-electron chi connectivity index (χ2n) is 4.33. The van der Waals surface area contributed by atoms with Crippen LogP contribution in [0, 0.1) is 0 Å². The van der Waals surface area contributed by atoms with Gasteiger partial charge < -0.3 is 9.72 Å². The van der Waals surface area contributed by atoms with Crippen molar-refractivity contribution in [2.24, 2.45) is 0 Å². The molecule has 0 saturated heterocycles. The van der Waals surface area contributed by atoms with Gasteiger partial charge in [0.05, 0.1) is 11.5 Å². The monoisotopic (exact) mass is 260 g/mol. The molecule has 0 aliphatic rings. The molecule has 92 valence electrons. The lowest BCUT2D eigenvalue weighted by Gasteiger charge is -2.06. The lowest BCUT2D eigenvalue weighted by molar-refractivity contribution is 0.240. The molecule has 0 unspecified atom stereocenters. The van der Waals surface area contributed by atoms with Gasteiger partial charge in [0.1, 0.15) is 4.83 Å². The van der Waals surface area contributed by atoms with Crippen molar-refractivity contribution >= 4 is 32.5 Å². The van der Waals surface area contributed by atoms with Crippen molar-refractivity contribution in [3.8, 4) is 5.19 Å². The Morgan fingerprint density at radius 2 is 2.11 bits per heavy atom. The SMILES string of the molecule is CC(C)Oc1nc(=O)c2c([nH]c3ccccc32)s1. The van der Waals surface area contributed by atoms with Gasteiger partial charge in [0, 0.05) is 10.9 Å². The fraction of sp³-hybridized carbons (Fsp3) is 0.231. The van der Waals surface area contributed by atoms with Crippen molar-refractivity contribution < 1.29 is 4.74 Å². The van der Waals surface area contributed by atoms with Crippen molar-refractivity contribution in [2.75, 3.05) is 0 Å². The molecule has 1 N–H and O–H groups in total. The standard InChI is InChI=1S/C13H12N2O2S/c1-7(2)17-13-15-11(16)10-8-5-3-4-6-9(8)14-12(10)18-13/h3-7,14H,1-2H3. The highest BCUT2D eigenvalue weighted by Gasteiger charge is 2.12. The first-order valence-electron chi connectivity index (χ1n) is 5.73. The first kappa shape index (κ1) is 11.2. The number of para-hydroxylation sites is 1. The van der Waals surface area contributed by atoms with Crippen molar-refractivity contribution in [3.05, 3.63) is 34.6 Å². The summed E-state index contributed by atoms with van der Waals surface area (Å²) in [6.45, 7) is 3.82. The topological polar surface area (TPSA) is 55.0 Å². The third kappa shape index (κ3) is 1.76. The summed E-state index contributed by atoms with van der Waals surface area (Å²) in [5.41, 5.74) is 0.709. The molecule has 0 saturated carbocycles. The molecular formula is C13H12N2O2S. The maximum Gasteiger partial charge on any atom is 0.284 e. The largest absolute Gasteiger partial charge is 0.467 e. The molecule has 0 aliphatic carbocycles. The van der Waals surface area contributed by atoms with Crippen LogP contribution in [0.1, 0.15) is 13.8 Å². The number of nitrogens with one attached hydrogen (secondary N) is 1. The van der Waals surface area contributed by atoms with Gasteiger partial charge in [0.15, 0.2) is 0 Å². The predicted octanol–water partition coefficient (Wildman–Crippen LogP) is 2.93. The molecule has 4 nitrogen and oxygen atoms in total. The number of hydrogen-bond donors (Lipinski definition) is 1. The molecule has 0 bridgehead atoms. The van der Waals surface area contributed by atoms with Crippen LogP contribution in [0.5, 0.6) is 5.19 Å². The fourth-order valence-corrected chi connectivity index (χ4v) is 2.91. The van der Waals surface area contributed by atoms with E-state index in [1.165, 1.54) is 11.3 Å². The summed E-state index contributed by atoms with van der Waals surface area (Å²) in [6, 6.07) is 7.72. The quantitative estimate of drug-likeness (QED) is 0.770. The van der Waals surface area contributed by atoms with E-state index in [1.54, 1.807) is 0 Å². The van der Waals surface area contributed by atoms with E-state index in [1.807, 2.05) is 38.1 Å². The molecule has 0 radical (unpaired) electrons. The predicted molar refractivity (Wildman–Crippen MR) is 73.5 cm³/mol. The van der Waals surface area contributed by atoms with Crippen molar-refractivity contribution in [1.82, 2.24) is 9.97 Å². The van der Waals surface area contributed by atoms with E-state index in [9.17, 15) is 4.79 Å². The average Bonchev–Trinajstić information content (AvgIpc) is 2.66. The minimum Gasteiger partial charge on any atom is -0.467 e. The zero-order chi connectivity index (χ0) is 12.7. The Labute approximate surface area is 107 Å². The number of ether oxygens (including phenoxy) is 1. The third-order valence-corrected chi connectivity index (χ3v) is 3.48. The molecule has 0 aliphatic heterocycles. The lowest BCUT2D eigenvalue weighted by Crippen LogP contribution is -2.11. The van der Waals surface area contributed by atoms with Crippen molar-refractivity contribution in [2.45, 2.75) is 20.0 Å². The molecule has 3 aromatic rings. The molecule has 2 aromatic heterocycles. The molecule has 5 heteroatoms. The maximum absolute atomic E-state index is 12.1. The van der Waals surface area contributed by atoms with Crippen LogP contribution in [0.15, 0.2) is 29.1 Å². The Balaban J connectivity index is 2.32. The molecule has 0 amide bonds. The van der Waals surface area contributed by atoms with Gasteiger partial charge in [0.25, 0.3) is 10.8 Å². The molecular weight excluding hydrogens is 248 g/mol. The van der Waals surface area contributed by atoms with Crippen LogP contribution in [0.3, 0.4) is 0 Å². The van der Waals surface area contributed by atoms with Crippen LogP contribution in [0.4, 0.5) is 0 Å². The number of benzene rings is 1. The van der Waals surface area contributed by atoms with Gasteiger partial charge in [-0.15, -0.1) is 0 Å². The summed E-state index contributed by atoms with van der Waals surface area (Å²) >= 11 is 1.37. The van der Waals surface area contributed by atoms with Gasteiger partial charge in [-0.1, -0.05) is 29.5 Å². The number of H-pyrrole nitrogens is 1. The van der Waals surface area contributed by atoms with Gasteiger partial charge in [-0.25, -0.2) is 0 Å². The highest BCUT2D eigenvalue weighted by Crippen LogP contribution is 2.28. The van der Waals surface area contributed by atoms with Crippen LogP contribution in [0.25, 0.3) is 21.1 Å². The Bertz CT molecular complexity index is 773. The zero-order valence-electron chi connectivity index (χ0n) is 10.1. The summed E-state index contributed by atoms with van der Waals surface area (Å²) in [5.74, 6) is 0. The molecule has 1 aromatic carbocycles. The van der Waals surface area contributed by atoms with Crippen molar-refractivity contribution in [3.63, 3.8) is 0 Å². The molecule has 0 fully saturated rings. The number of nitrogens with zero attached hydrogens (tertiary/aromatic N) is 1. The first-order valence-corrected chi connectivity index (χ1v) is 6.55. The van der Waals surface area contributed by atoms with Gasteiger partial charge in [-0.3, -0.25) is 4.79 Å². The zero-order valence-corrected chi connectivity index (χ0v) is 10.9. The number of aromatic nitrogens is 2. The summed E-state index contributed by atoms with van der Waals surface area (Å²) < 4.78 is 5.49. The van der Waals surface area contributed by atoms with Crippen LogP contribution in [-0.2, 0) is 0 Å². The summed E-state index contributed by atoms with van der Waals surface area (Å²) in [5, 5.41) is 1.97. The third-order valence-electron chi connectivity index (χ3n) is 2.60. The van der Waals surface area contributed by atoms with E-state index in [0.717, 1.165) is 15.7 Å². The highest BCUT2D eigenvalue weighted by atomic mass is 32.1. The second-order valence-corrected chi connectivity index (χ2v) is 5.29. The van der Waals surface area contributed by atoms with Gasteiger partial charge in [-0.05, 0) is 19.9 Å². The molecule has 18 heavy (non-hydrogen) atoms. The van der Waals surface area contributed by atoms with Crippen LogP contribution in [-0.4, -0.2) is 16.1 Å². The minimum absolute atomic E-state index is 0.00924. The summed E-state index contributed by atoms with van der Waals surface area (Å²) in [4.78, 5) is 20.1. The maximum atomic E-state index is 12.1. The van der Waals surface area contributed by atoms with E-state index in [-0.39, 0.29) is 11.7 Å². The Hall–Kier alpha value is -1.88. The smallest absolute Gasteiger partial charge is 0.284 e. The molecule has 0 atom stereocenters. The molecule has 0 spiro atoms. The summed E-state index contributed by atoms with van der Waals surface area (Å²) in [6.07, 6.45) is 0.00924. The van der Waals surface area contributed by atoms with Crippen LogP contribution in [0.2, 0.25) is 0 Å². The molecule has 2 heterocycles. The fourth-order valence-electron chi connectivity index (χ4n) is 1.91. The van der Waals surface area contributed by atoms with E-state index in [4.69, 9.17) is 4.74 Å². The lowest BCUT2D eigenvalue weighted by atomic mass is 10.2. The van der Waals surface area contributed by atoms with Gasteiger partial charge in [-0.2, -0.15) is 4.98 Å². The summed E-state index contributed by atoms with van der Waals surface area (Å²) in [7, 11) is 0. The van der Waals surface area contributed by atoms with E-state index < -0.39 is 0 Å². The number of aromatic amines is 1. The Kier molecular flexibility index (Phi) is 2.56. The Morgan fingerprint density at radius 1 is 1.33 bits per heavy atom. The van der Waals surface area contributed by atoms with E-state index >= 15 is 0 Å². The van der Waals surface area contributed by atoms with Crippen molar-refractivity contribution in [1.29, 1.82) is 0 Å². The minimum atomic E-state index is -0.239. The van der Waals surface area contributed by atoms with Gasteiger partial charge in [0.2, 0.25) is 0 Å². The number of hydrogen-bond acceptors (Lipinski definition) is 4.